The molecule has 0 aliphatic carbocycles. The van der Waals surface area contributed by atoms with Gasteiger partial charge in [-0.15, -0.1) is 11.8 Å². The molecule has 0 heterocycles. The molecule has 0 bridgehead atoms. The number of nitrogens with zero attached hydrogens (tertiary/aromatic N) is 1. The molecule has 2 aromatic rings. The van der Waals surface area contributed by atoms with Crippen molar-refractivity contribution in [2.75, 3.05) is 17.2 Å². The Bertz CT molecular complexity index is 893. The van der Waals surface area contributed by atoms with E-state index in [-0.39, 0.29) is 12.1 Å². The summed E-state index contributed by atoms with van der Waals surface area (Å²) in [5.74, 6) is 0.609. The van der Waals surface area contributed by atoms with E-state index in [0.717, 1.165) is 22.8 Å². The number of halogens is 7. The summed E-state index contributed by atoms with van der Waals surface area (Å²) in [6.45, 7) is 3.01. The fraction of sp³-hybridized carbons (Fsp3) is 0.455. The number of hydrogen-bond donors (Lipinski definition) is 1. The largest absolute Gasteiger partial charge is 0.461 e. The summed E-state index contributed by atoms with van der Waals surface area (Å²) in [5, 5.41) is 9.63. The molecule has 2 aromatic carbocycles. The van der Waals surface area contributed by atoms with Gasteiger partial charge in [-0.2, -0.15) is 30.7 Å². The van der Waals surface area contributed by atoms with Crippen molar-refractivity contribution in [3.8, 4) is 5.75 Å². The Hall–Kier alpha value is -2.14. The van der Waals surface area contributed by atoms with Crippen LogP contribution in [0.15, 0.2) is 53.4 Å². The first kappa shape index (κ1) is 27.1. The zero-order chi connectivity index (χ0) is 24.8. The molecule has 0 aromatic heterocycles. The summed E-state index contributed by atoms with van der Waals surface area (Å²) in [6.07, 6.45) is -16.3. The highest BCUT2D eigenvalue weighted by molar-refractivity contribution is 7.99. The van der Waals surface area contributed by atoms with E-state index in [0.29, 0.717) is 11.6 Å². The average molecular weight is 499 g/mol. The van der Waals surface area contributed by atoms with Crippen molar-refractivity contribution in [2.24, 2.45) is 5.92 Å². The van der Waals surface area contributed by atoms with Crippen LogP contribution < -0.4 is 9.64 Å². The van der Waals surface area contributed by atoms with Gasteiger partial charge < -0.3 is 14.7 Å². The van der Waals surface area contributed by atoms with E-state index in [1.165, 1.54) is 28.8 Å². The monoisotopic (exact) mass is 499 g/mol. The van der Waals surface area contributed by atoms with Crippen LogP contribution in [-0.2, 0) is 6.54 Å². The molecule has 1 atom stereocenters. The lowest BCUT2D eigenvalue weighted by atomic mass is 10.1. The number of ether oxygens (including phenoxy) is 1. The van der Waals surface area contributed by atoms with Gasteiger partial charge in [-0.25, -0.2) is 0 Å². The number of aliphatic hydroxyl groups is 1. The van der Waals surface area contributed by atoms with Gasteiger partial charge in [-0.3, -0.25) is 0 Å². The topological polar surface area (TPSA) is 32.7 Å². The van der Waals surface area contributed by atoms with Crippen LogP contribution in [0.1, 0.15) is 19.4 Å². The van der Waals surface area contributed by atoms with E-state index < -0.39 is 37.1 Å². The van der Waals surface area contributed by atoms with E-state index in [9.17, 15) is 35.8 Å². The normalized spacial score (nSPS) is 13.5. The number of rotatable bonds is 11. The fourth-order valence-corrected chi connectivity index (χ4v) is 3.64. The molecular formula is C22H24F7NO2S. The molecular weight excluding hydrogens is 475 g/mol. The van der Waals surface area contributed by atoms with E-state index in [4.69, 9.17) is 0 Å². The highest BCUT2D eigenvalue weighted by Crippen LogP contribution is 2.31. The predicted molar refractivity (Wildman–Crippen MR) is 113 cm³/mol. The van der Waals surface area contributed by atoms with E-state index >= 15 is 0 Å². The Morgan fingerprint density at radius 2 is 1.67 bits per heavy atom. The van der Waals surface area contributed by atoms with Crippen molar-refractivity contribution in [2.45, 2.75) is 50.1 Å². The first-order valence-electron chi connectivity index (χ1n) is 9.94. The van der Waals surface area contributed by atoms with Crippen LogP contribution in [0.3, 0.4) is 0 Å². The van der Waals surface area contributed by atoms with Crippen molar-refractivity contribution < 1.29 is 40.6 Å². The van der Waals surface area contributed by atoms with E-state index in [1.807, 2.05) is 13.8 Å². The highest BCUT2D eigenvalue weighted by Gasteiger charge is 2.44. The molecule has 3 nitrogen and oxygen atoms in total. The number of aliphatic hydroxyl groups excluding tert-OH is 1. The number of alkyl halides is 7. The standard InChI is InChI=1S/C22H24F7NO2S/c1-14(2)13-33-18-8-4-6-16(10-18)30(12-19(31)21(25,26)27)11-15-5-3-7-17(9-15)32-22(28,29)20(23)24/h3-10,14,19-20,31H,11-13H2,1-2H3. The highest BCUT2D eigenvalue weighted by atomic mass is 32.2. The van der Waals surface area contributed by atoms with Crippen molar-refractivity contribution in [1.82, 2.24) is 0 Å². The van der Waals surface area contributed by atoms with Crippen molar-refractivity contribution in [3.05, 3.63) is 54.1 Å². The maximum Gasteiger partial charge on any atom is 0.461 e. The Balaban J connectivity index is 2.30. The SMILES string of the molecule is CC(C)CSc1cccc(N(Cc2cccc(OC(F)(F)C(F)F)c2)CC(O)C(F)(F)F)c1. The van der Waals surface area contributed by atoms with Gasteiger partial charge in [-0.05, 0) is 41.8 Å². The minimum absolute atomic E-state index is 0.219. The molecule has 0 saturated heterocycles. The van der Waals surface area contributed by atoms with Gasteiger partial charge in [0.2, 0.25) is 0 Å². The first-order chi connectivity index (χ1) is 15.3. The molecule has 0 radical (unpaired) electrons. The molecule has 1 unspecified atom stereocenters. The maximum absolute atomic E-state index is 13.2. The van der Waals surface area contributed by atoms with E-state index in [1.54, 1.807) is 24.3 Å². The summed E-state index contributed by atoms with van der Waals surface area (Å²) in [6, 6.07) is 11.5. The molecule has 0 spiro atoms. The Kier molecular flexibility index (Phi) is 9.30. The maximum atomic E-state index is 13.2. The zero-order valence-corrected chi connectivity index (χ0v) is 18.6. The third-order valence-corrected chi connectivity index (χ3v) is 5.74. The van der Waals surface area contributed by atoms with Crippen molar-refractivity contribution in [1.29, 1.82) is 0 Å². The number of thioether (sulfide) groups is 1. The van der Waals surface area contributed by atoms with Crippen LogP contribution in [-0.4, -0.2) is 42.2 Å². The zero-order valence-electron chi connectivity index (χ0n) is 17.8. The van der Waals surface area contributed by atoms with Crippen LogP contribution >= 0.6 is 11.8 Å². The van der Waals surface area contributed by atoms with Crippen LogP contribution in [0.5, 0.6) is 5.75 Å². The number of benzene rings is 2. The fourth-order valence-electron chi connectivity index (χ4n) is 2.74. The lowest BCUT2D eigenvalue weighted by Gasteiger charge is -2.29. The summed E-state index contributed by atoms with van der Waals surface area (Å²) >= 11 is 1.52. The number of anilines is 1. The van der Waals surface area contributed by atoms with Gasteiger partial charge in [0.05, 0.1) is 6.54 Å². The van der Waals surface area contributed by atoms with Crippen LogP contribution in [0, 0.1) is 5.92 Å². The van der Waals surface area contributed by atoms with Gasteiger partial charge in [0, 0.05) is 22.9 Å². The van der Waals surface area contributed by atoms with Crippen molar-refractivity contribution in [3.63, 3.8) is 0 Å². The molecule has 11 heteroatoms. The van der Waals surface area contributed by atoms with Gasteiger partial charge in [-0.1, -0.05) is 32.0 Å². The smallest absolute Gasteiger partial charge is 0.428 e. The summed E-state index contributed by atoms with van der Waals surface area (Å²) in [5.41, 5.74) is 0.600. The Labute approximate surface area is 191 Å². The van der Waals surface area contributed by atoms with Crippen LogP contribution in [0.25, 0.3) is 0 Å². The lowest BCUT2D eigenvalue weighted by molar-refractivity contribution is -0.253. The second-order valence-corrected chi connectivity index (χ2v) is 8.85. The molecule has 184 valence electrons. The molecule has 0 amide bonds. The van der Waals surface area contributed by atoms with Gasteiger partial charge >= 0.3 is 18.7 Å². The third-order valence-electron chi connectivity index (χ3n) is 4.32. The summed E-state index contributed by atoms with van der Waals surface area (Å²) < 4.78 is 94.4. The van der Waals surface area contributed by atoms with Crippen LogP contribution in [0.2, 0.25) is 0 Å². The minimum atomic E-state index is -4.87. The molecule has 0 aliphatic rings. The first-order valence-corrected chi connectivity index (χ1v) is 10.9. The molecule has 1 N–H and O–H groups in total. The lowest BCUT2D eigenvalue weighted by Crippen LogP contribution is -2.41. The summed E-state index contributed by atoms with van der Waals surface area (Å²) in [7, 11) is 0. The molecule has 33 heavy (non-hydrogen) atoms. The quantitative estimate of drug-likeness (QED) is 0.279. The average Bonchev–Trinajstić information content (AvgIpc) is 2.71. The second kappa shape index (κ2) is 11.3. The minimum Gasteiger partial charge on any atom is -0.428 e. The van der Waals surface area contributed by atoms with E-state index in [2.05, 4.69) is 4.74 Å². The van der Waals surface area contributed by atoms with Gasteiger partial charge in [0.15, 0.2) is 6.10 Å². The van der Waals surface area contributed by atoms with Crippen molar-refractivity contribution >= 4 is 17.4 Å². The molecule has 0 aliphatic heterocycles. The summed E-state index contributed by atoms with van der Waals surface area (Å²) in [4.78, 5) is 2.04. The molecule has 0 saturated carbocycles. The predicted octanol–water partition coefficient (Wildman–Crippen LogP) is 6.60. The van der Waals surface area contributed by atoms with Gasteiger partial charge in [0.25, 0.3) is 0 Å². The number of hydrogen-bond acceptors (Lipinski definition) is 4. The second-order valence-electron chi connectivity index (χ2n) is 7.75. The molecule has 2 rings (SSSR count). The Morgan fingerprint density at radius 3 is 2.27 bits per heavy atom. The third kappa shape index (κ3) is 8.62. The van der Waals surface area contributed by atoms with Crippen LogP contribution in [0.4, 0.5) is 36.4 Å². The Morgan fingerprint density at radius 1 is 1.00 bits per heavy atom. The molecule has 0 fully saturated rings. The van der Waals surface area contributed by atoms with Gasteiger partial charge in [0.1, 0.15) is 5.75 Å².